The summed E-state index contributed by atoms with van der Waals surface area (Å²) >= 11 is 0. The van der Waals surface area contributed by atoms with Crippen molar-refractivity contribution in [3.05, 3.63) is 59.7 Å². The molecule has 1 aliphatic carbocycles. The Kier molecular flexibility index (Phi) is 7.70. The van der Waals surface area contributed by atoms with Gasteiger partial charge in [-0.2, -0.15) is 0 Å². The summed E-state index contributed by atoms with van der Waals surface area (Å²) < 4.78 is 10.8. The zero-order chi connectivity index (χ0) is 24.9. The summed E-state index contributed by atoms with van der Waals surface area (Å²) in [5.41, 5.74) is 4.63. The van der Waals surface area contributed by atoms with Crippen molar-refractivity contribution >= 4 is 18.0 Å². The monoisotopic (exact) mass is 480 g/mol. The molecule has 3 unspecified atom stereocenters. The minimum atomic E-state index is -1.08. The average molecular weight is 481 g/mol. The number of ether oxygens (including phenoxy) is 2. The van der Waals surface area contributed by atoms with Gasteiger partial charge in [0.2, 0.25) is 5.91 Å². The van der Waals surface area contributed by atoms with Gasteiger partial charge in [-0.25, -0.2) is 9.59 Å². The molecule has 0 saturated carbocycles. The van der Waals surface area contributed by atoms with Crippen LogP contribution in [0.4, 0.5) is 4.79 Å². The summed E-state index contributed by atoms with van der Waals surface area (Å²) in [6, 6.07) is 15.8. The smallest absolute Gasteiger partial charge is 0.407 e. The number of aliphatic carboxylic acids is 1. The Morgan fingerprint density at radius 2 is 1.69 bits per heavy atom. The van der Waals surface area contributed by atoms with E-state index < -0.39 is 24.2 Å². The fourth-order valence-electron chi connectivity index (χ4n) is 4.89. The van der Waals surface area contributed by atoms with Gasteiger partial charge in [0.15, 0.2) is 6.10 Å². The van der Waals surface area contributed by atoms with Crippen LogP contribution in [0.25, 0.3) is 11.1 Å². The van der Waals surface area contributed by atoms with Crippen molar-refractivity contribution < 1.29 is 29.0 Å². The largest absolute Gasteiger partial charge is 0.479 e. The summed E-state index contributed by atoms with van der Waals surface area (Å²) in [5, 5.41) is 14.8. The number of benzene rings is 2. The summed E-state index contributed by atoms with van der Waals surface area (Å²) in [4.78, 5) is 36.3. The maximum Gasteiger partial charge on any atom is 0.407 e. The van der Waals surface area contributed by atoms with E-state index in [1.807, 2.05) is 38.1 Å². The third-order valence-electron chi connectivity index (χ3n) is 6.92. The fraction of sp³-hybridized carbons (Fsp3) is 0.444. The normalized spacial score (nSPS) is 19.6. The Morgan fingerprint density at radius 1 is 1.06 bits per heavy atom. The molecule has 2 aromatic rings. The summed E-state index contributed by atoms with van der Waals surface area (Å²) in [7, 11) is 0. The number of carboxylic acid groups (broad SMARTS) is 1. The van der Waals surface area contributed by atoms with Crippen molar-refractivity contribution in [2.75, 3.05) is 19.8 Å². The van der Waals surface area contributed by atoms with Crippen LogP contribution in [0.1, 0.15) is 43.7 Å². The van der Waals surface area contributed by atoms with Crippen molar-refractivity contribution in [1.29, 1.82) is 0 Å². The molecule has 186 valence electrons. The van der Waals surface area contributed by atoms with Crippen LogP contribution in [0.15, 0.2) is 48.5 Å². The van der Waals surface area contributed by atoms with Crippen molar-refractivity contribution in [1.82, 2.24) is 10.6 Å². The molecular weight excluding hydrogens is 448 g/mol. The molecule has 2 amide bonds. The van der Waals surface area contributed by atoms with E-state index in [1.165, 1.54) is 11.1 Å². The predicted molar refractivity (Wildman–Crippen MR) is 130 cm³/mol. The SMILES string of the molecule is CC(C)C(CNC(=O)OCC1c2ccccc2-c2ccccc21)CC(=O)NC1CCOC1C(=O)O. The van der Waals surface area contributed by atoms with Crippen LogP contribution in [0.5, 0.6) is 0 Å². The minimum Gasteiger partial charge on any atom is -0.479 e. The third-order valence-corrected chi connectivity index (χ3v) is 6.92. The molecule has 1 saturated heterocycles. The molecule has 2 aromatic carbocycles. The number of nitrogens with one attached hydrogen (secondary N) is 2. The van der Waals surface area contributed by atoms with Gasteiger partial charge in [0.05, 0.1) is 6.04 Å². The maximum absolute atomic E-state index is 12.6. The summed E-state index contributed by atoms with van der Waals surface area (Å²) in [6.45, 7) is 4.78. The number of carbonyl (C=O) groups is 3. The van der Waals surface area contributed by atoms with Crippen LogP contribution >= 0.6 is 0 Å². The molecule has 0 radical (unpaired) electrons. The summed E-state index contributed by atoms with van der Waals surface area (Å²) in [6.07, 6.45) is -0.902. The molecule has 0 spiro atoms. The van der Waals surface area contributed by atoms with Gasteiger partial charge in [-0.05, 0) is 40.5 Å². The molecule has 8 nitrogen and oxygen atoms in total. The lowest BCUT2D eigenvalue weighted by Crippen LogP contribution is -2.45. The van der Waals surface area contributed by atoms with Crippen LogP contribution < -0.4 is 10.6 Å². The average Bonchev–Trinajstić information content (AvgIpc) is 3.43. The standard InChI is InChI=1S/C27H32N2O6/c1-16(2)17(13-24(30)29-23-11-12-34-25(23)26(31)32)14-28-27(33)35-15-22-20-9-5-3-7-18(20)19-8-4-6-10-21(19)22/h3-10,16-17,22-23,25H,11-15H2,1-2H3,(H,28,33)(H,29,30)(H,31,32). The third kappa shape index (κ3) is 5.65. The van der Waals surface area contributed by atoms with Crippen LogP contribution in [0.2, 0.25) is 0 Å². The molecular formula is C27H32N2O6. The van der Waals surface area contributed by atoms with Crippen LogP contribution in [-0.2, 0) is 19.1 Å². The second-order valence-electron chi connectivity index (χ2n) is 9.51. The topological polar surface area (TPSA) is 114 Å². The molecule has 1 heterocycles. The lowest BCUT2D eigenvalue weighted by Gasteiger charge is -2.23. The van der Waals surface area contributed by atoms with Crippen molar-refractivity contribution in [3.8, 4) is 11.1 Å². The van der Waals surface area contributed by atoms with Crippen LogP contribution in [0, 0.1) is 11.8 Å². The molecule has 4 rings (SSSR count). The van der Waals surface area contributed by atoms with Gasteiger partial charge in [-0.1, -0.05) is 62.4 Å². The molecule has 2 aliphatic rings. The van der Waals surface area contributed by atoms with Crippen LogP contribution in [-0.4, -0.2) is 55.0 Å². The molecule has 1 aliphatic heterocycles. The number of hydrogen-bond acceptors (Lipinski definition) is 5. The van der Waals surface area contributed by atoms with E-state index >= 15 is 0 Å². The van der Waals surface area contributed by atoms with Gasteiger partial charge in [-0.15, -0.1) is 0 Å². The zero-order valence-electron chi connectivity index (χ0n) is 20.0. The van der Waals surface area contributed by atoms with E-state index in [-0.39, 0.29) is 43.2 Å². The highest BCUT2D eigenvalue weighted by molar-refractivity contribution is 5.80. The first kappa shape index (κ1) is 24.7. The van der Waals surface area contributed by atoms with Crippen molar-refractivity contribution in [2.45, 2.75) is 44.8 Å². The number of hydrogen-bond donors (Lipinski definition) is 3. The Bertz CT molecular complexity index is 1040. The van der Waals surface area contributed by atoms with Gasteiger partial charge < -0.3 is 25.2 Å². The Balaban J connectivity index is 1.29. The first-order valence-corrected chi connectivity index (χ1v) is 12.1. The molecule has 3 atom stereocenters. The van der Waals surface area contributed by atoms with Gasteiger partial charge in [0.25, 0.3) is 0 Å². The van der Waals surface area contributed by atoms with Gasteiger partial charge in [0.1, 0.15) is 6.61 Å². The number of carboxylic acids is 1. The molecule has 3 N–H and O–H groups in total. The van der Waals surface area contributed by atoms with Gasteiger partial charge in [-0.3, -0.25) is 4.79 Å². The predicted octanol–water partition coefficient (Wildman–Crippen LogP) is 3.55. The molecule has 8 heteroatoms. The minimum absolute atomic E-state index is 0.0179. The lowest BCUT2D eigenvalue weighted by molar-refractivity contribution is -0.148. The van der Waals surface area contributed by atoms with E-state index in [0.29, 0.717) is 13.0 Å². The number of amides is 2. The van der Waals surface area contributed by atoms with Crippen molar-refractivity contribution in [2.24, 2.45) is 11.8 Å². The Labute approximate surface area is 205 Å². The number of alkyl carbamates (subject to hydrolysis) is 1. The first-order chi connectivity index (χ1) is 16.8. The highest BCUT2D eigenvalue weighted by Crippen LogP contribution is 2.44. The van der Waals surface area contributed by atoms with Gasteiger partial charge >= 0.3 is 12.1 Å². The van der Waals surface area contributed by atoms with E-state index in [2.05, 4.69) is 34.9 Å². The maximum atomic E-state index is 12.6. The zero-order valence-corrected chi connectivity index (χ0v) is 20.0. The molecule has 0 aromatic heterocycles. The molecule has 0 bridgehead atoms. The Hall–Kier alpha value is -3.39. The van der Waals surface area contributed by atoms with E-state index in [9.17, 15) is 19.5 Å². The van der Waals surface area contributed by atoms with Gasteiger partial charge in [0, 0.05) is 25.5 Å². The number of rotatable bonds is 9. The number of carbonyl (C=O) groups excluding carboxylic acids is 2. The second kappa shape index (κ2) is 10.9. The van der Waals surface area contributed by atoms with E-state index in [4.69, 9.17) is 9.47 Å². The first-order valence-electron chi connectivity index (χ1n) is 12.1. The highest BCUT2D eigenvalue weighted by Gasteiger charge is 2.35. The quantitative estimate of drug-likeness (QED) is 0.506. The molecule has 1 fully saturated rings. The van der Waals surface area contributed by atoms with Crippen LogP contribution in [0.3, 0.4) is 0 Å². The summed E-state index contributed by atoms with van der Waals surface area (Å²) in [5.74, 6) is -1.34. The second-order valence-corrected chi connectivity index (χ2v) is 9.51. The van der Waals surface area contributed by atoms with E-state index in [1.54, 1.807) is 0 Å². The molecule has 35 heavy (non-hydrogen) atoms. The fourth-order valence-corrected chi connectivity index (χ4v) is 4.89. The lowest BCUT2D eigenvalue weighted by atomic mass is 9.92. The van der Waals surface area contributed by atoms with E-state index in [0.717, 1.165) is 11.1 Å². The Morgan fingerprint density at radius 3 is 2.29 bits per heavy atom. The highest BCUT2D eigenvalue weighted by atomic mass is 16.5. The number of fused-ring (bicyclic) bond motifs is 3. The van der Waals surface area contributed by atoms with Crippen molar-refractivity contribution in [3.63, 3.8) is 0 Å².